The molecule has 0 aromatic rings. The Labute approximate surface area is 363 Å². The summed E-state index contributed by atoms with van der Waals surface area (Å²) in [6, 6.07) is 0.455. The topological polar surface area (TPSA) is 153 Å². The molecule has 4 rings (SSSR count). The van der Waals surface area contributed by atoms with Crippen molar-refractivity contribution in [2.75, 3.05) is 0 Å². The van der Waals surface area contributed by atoms with Gasteiger partial charge in [-0.1, -0.05) is 55.4 Å². The molecule has 0 spiro atoms. The standard InChI is InChI=1S/C48H86N4O8/c1-27(2)36-19-31(23-45(9,10)49-36)57-40(53)18-17-35(42(54)58-32-20-37(28(3)4)50-46(11,12)24-32)41(43(55)59-33-21-38(29(5)6)51-47(13,14)25-33)44(56)60-34-22-39(30(7)8)52-48(15,16)26-34/h27-39,41,49-52H,17-26H2,1-16H3. The molecule has 12 heteroatoms. The third kappa shape index (κ3) is 14.6. The van der Waals surface area contributed by atoms with E-state index in [9.17, 15) is 19.2 Å². The fraction of sp³-hybridized carbons (Fsp3) is 0.917. The lowest BCUT2D eigenvalue weighted by atomic mass is 9.82. The number of carbonyl (C=O) groups is 4. The van der Waals surface area contributed by atoms with Gasteiger partial charge in [0.25, 0.3) is 0 Å². The third-order valence-corrected chi connectivity index (χ3v) is 13.6. The third-order valence-electron chi connectivity index (χ3n) is 13.6. The summed E-state index contributed by atoms with van der Waals surface area (Å²) in [5.41, 5.74) is -1.19. The summed E-state index contributed by atoms with van der Waals surface area (Å²) in [7, 11) is 0. The first kappa shape index (κ1) is 50.4. The maximum Gasteiger partial charge on any atom is 0.321 e. The smallest absolute Gasteiger partial charge is 0.321 e. The molecule has 4 heterocycles. The Kier molecular flexibility index (Phi) is 16.8. The van der Waals surface area contributed by atoms with Crippen molar-refractivity contribution < 1.29 is 38.1 Å². The van der Waals surface area contributed by atoms with Crippen molar-refractivity contribution in [3.05, 3.63) is 0 Å². The molecule has 0 bridgehead atoms. The van der Waals surface area contributed by atoms with Gasteiger partial charge in [0, 0.05) is 104 Å². The molecule has 4 fully saturated rings. The van der Waals surface area contributed by atoms with Gasteiger partial charge >= 0.3 is 23.9 Å². The second-order valence-electron chi connectivity index (χ2n) is 23.2. The Morgan fingerprint density at radius 2 is 0.717 bits per heavy atom. The van der Waals surface area contributed by atoms with Crippen LogP contribution in [-0.2, 0) is 38.1 Å². The maximum atomic E-state index is 14.8. The number of rotatable bonds is 15. The summed E-state index contributed by atoms with van der Waals surface area (Å²) in [6.45, 7) is 33.9. The van der Waals surface area contributed by atoms with Crippen LogP contribution in [0.5, 0.6) is 0 Å². The minimum atomic E-state index is -1.63. The average Bonchev–Trinajstić information content (AvgIpc) is 3.06. The van der Waals surface area contributed by atoms with Crippen LogP contribution in [-0.4, -0.2) is 94.6 Å². The van der Waals surface area contributed by atoms with Crippen molar-refractivity contribution in [3.8, 4) is 0 Å². The lowest BCUT2D eigenvalue weighted by Gasteiger charge is -2.44. The van der Waals surface area contributed by atoms with Gasteiger partial charge in [-0.05, 0) is 85.5 Å². The number of nitrogens with one attached hydrogen (secondary N) is 4. The monoisotopic (exact) mass is 847 g/mol. The van der Waals surface area contributed by atoms with Gasteiger partial charge < -0.3 is 40.2 Å². The van der Waals surface area contributed by atoms with Crippen LogP contribution in [0.15, 0.2) is 0 Å². The summed E-state index contributed by atoms with van der Waals surface area (Å²) >= 11 is 0. The Morgan fingerprint density at radius 3 is 1.00 bits per heavy atom. The summed E-state index contributed by atoms with van der Waals surface area (Å²) in [6.07, 6.45) is 2.62. The molecular formula is C48H86N4O8. The first-order chi connectivity index (χ1) is 27.5. The molecule has 4 N–H and O–H groups in total. The minimum absolute atomic E-state index is 0.0878. The van der Waals surface area contributed by atoms with E-state index in [1.54, 1.807) is 0 Å². The molecule has 4 aliphatic rings. The van der Waals surface area contributed by atoms with Crippen molar-refractivity contribution in [2.24, 2.45) is 35.5 Å². The molecule has 346 valence electrons. The molecular weight excluding hydrogens is 761 g/mol. The lowest BCUT2D eigenvalue weighted by molar-refractivity contribution is -0.182. The van der Waals surface area contributed by atoms with Gasteiger partial charge in [-0.15, -0.1) is 0 Å². The lowest BCUT2D eigenvalue weighted by Crippen LogP contribution is -2.57. The molecule has 0 aromatic carbocycles. The van der Waals surface area contributed by atoms with Crippen LogP contribution >= 0.6 is 0 Å². The molecule has 4 aliphatic heterocycles. The van der Waals surface area contributed by atoms with Crippen LogP contribution in [0.4, 0.5) is 0 Å². The molecule has 0 radical (unpaired) electrons. The van der Waals surface area contributed by atoms with Gasteiger partial charge in [0.1, 0.15) is 24.4 Å². The summed E-state index contributed by atoms with van der Waals surface area (Å²) in [5.74, 6) is -4.53. The first-order valence-corrected chi connectivity index (χ1v) is 23.5. The second kappa shape index (κ2) is 20.0. The molecule has 60 heavy (non-hydrogen) atoms. The van der Waals surface area contributed by atoms with E-state index in [2.05, 4.69) is 132 Å². The molecule has 9 atom stereocenters. The van der Waals surface area contributed by atoms with Crippen LogP contribution in [0.3, 0.4) is 0 Å². The van der Waals surface area contributed by atoms with Crippen molar-refractivity contribution >= 4 is 23.9 Å². The van der Waals surface area contributed by atoms with E-state index < -0.39 is 54.0 Å². The predicted molar refractivity (Wildman–Crippen MR) is 236 cm³/mol. The van der Waals surface area contributed by atoms with Crippen molar-refractivity contribution in [1.82, 2.24) is 21.3 Å². The number of carbonyl (C=O) groups excluding carboxylic acids is 4. The summed E-state index contributed by atoms with van der Waals surface area (Å²) in [5, 5.41) is 14.7. The number of esters is 4. The second-order valence-corrected chi connectivity index (χ2v) is 23.2. The Morgan fingerprint density at radius 1 is 0.450 bits per heavy atom. The highest BCUT2D eigenvalue weighted by Crippen LogP contribution is 2.35. The van der Waals surface area contributed by atoms with Crippen LogP contribution < -0.4 is 21.3 Å². The van der Waals surface area contributed by atoms with E-state index >= 15 is 0 Å². The molecule has 4 saturated heterocycles. The number of hydrogen-bond acceptors (Lipinski definition) is 12. The Hall–Kier alpha value is -2.28. The van der Waals surface area contributed by atoms with Gasteiger partial charge in [0.2, 0.25) is 0 Å². The highest BCUT2D eigenvalue weighted by atomic mass is 16.6. The zero-order chi connectivity index (χ0) is 45.1. The minimum Gasteiger partial charge on any atom is -0.462 e. The van der Waals surface area contributed by atoms with Crippen molar-refractivity contribution in [2.45, 2.75) is 246 Å². The molecule has 9 unspecified atom stereocenters. The zero-order valence-electron chi connectivity index (χ0n) is 40.4. The van der Waals surface area contributed by atoms with E-state index in [1.165, 1.54) is 0 Å². The largest absolute Gasteiger partial charge is 0.462 e. The predicted octanol–water partition coefficient (Wildman–Crippen LogP) is 7.39. The van der Waals surface area contributed by atoms with Crippen LogP contribution in [0, 0.1) is 35.5 Å². The molecule has 0 saturated carbocycles. The van der Waals surface area contributed by atoms with Gasteiger partial charge in [-0.25, -0.2) is 0 Å². The van der Waals surface area contributed by atoms with Gasteiger partial charge in [-0.2, -0.15) is 0 Å². The van der Waals surface area contributed by atoms with Gasteiger partial charge in [-0.3, -0.25) is 19.2 Å². The highest BCUT2D eigenvalue weighted by Gasteiger charge is 2.48. The number of piperidine rings is 4. The van der Waals surface area contributed by atoms with E-state index in [-0.39, 0.29) is 83.0 Å². The molecule has 0 aromatic heterocycles. The SMILES string of the molecule is CC(C)C1CC(OC(=O)CCC(C(=O)OC2CC(C(C)C)NC(C)(C)C2)C(C(=O)OC2CC(C(C)C)NC(C)(C)C2)C(=O)OC2CC(C(C)C)NC(C)(C)C2)CC(C)(C)N1. The van der Waals surface area contributed by atoms with Crippen molar-refractivity contribution in [1.29, 1.82) is 0 Å². The number of ether oxygens (including phenoxy) is 4. The average molecular weight is 847 g/mol. The van der Waals surface area contributed by atoms with E-state index in [1.807, 2.05) is 0 Å². The fourth-order valence-corrected chi connectivity index (χ4v) is 10.4. The Balaban J connectivity index is 1.69. The quantitative estimate of drug-likeness (QED) is 0.0739. The van der Waals surface area contributed by atoms with Gasteiger partial charge in [0.15, 0.2) is 5.92 Å². The van der Waals surface area contributed by atoms with E-state index in [0.29, 0.717) is 57.3 Å². The fourth-order valence-electron chi connectivity index (χ4n) is 10.4. The van der Waals surface area contributed by atoms with Gasteiger partial charge in [0.05, 0.1) is 5.92 Å². The summed E-state index contributed by atoms with van der Waals surface area (Å²) < 4.78 is 25.2. The van der Waals surface area contributed by atoms with Crippen LogP contribution in [0.1, 0.15) is 175 Å². The normalized spacial score (nSPS) is 32.3. The van der Waals surface area contributed by atoms with E-state index in [4.69, 9.17) is 18.9 Å². The first-order valence-electron chi connectivity index (χ1n) is 23.5. The van der Waals surface area contributed by atoms with Crippen LogP contribution in [0.2, 0.25) is 0 Å². The van der Waals surface area contributed by atoms with Crippen molar-refractivity contribution in [3.63, 3.8) is 0 Å². The molecule has 0 amide bonds. The number of hydrogen-bond donors (Lipinski definition) is 4. The molecule has 0 aliphatic carbocycles. The Bertz CT molecular complexity index is 1420. The molecule has 12 nitrogen and oxygen atoms in total. The summed E-state index contributed by atoms with van der Waals surface area (Å²) in [4.78, 5) is 58.2. The van der Waals surface area contributed by atoms with E-state index in [0.717, 1.165) is 0 Å². The van der Waals surface area contributed by atoms with Crippen LogP contribution in [0.25, 0.3) is 0 Å². The maximum absolute atomic E-state index is 14.8. The zero-order valence-corrected chi connectivity index (χ0v) is 40.4. The highest BCUT2D eigenvalue weighted by molar-refractivity contribution is 5.99.